The fraction of sp³-hybridized carbons (Fsp3) is 0.0133. The molecule has 0 N–H and O–H groups in total. The zero-order valence-corrected chi connectivity index (χ0v) is 42.7. The van der Waals surface area contributed by atoms with Crippen LogP contribution in [-0.2, 0) is 0 Å². The van der Waals surface area contributed by atoms with E-state index in [1.807, 2.05) is 0 Å². The Balaban J connectivity index is 1.13. The lowest BCUT2D eigenvalue weighted by atomic mass is 9.65. The highest BCUT2D eigenvalue weighted by Gasteiger charge is 2.39. The number of aryl methyl sites for hydroxylation is 1. The summed E-state index contributed by atoms with van der Waals surface area (Å²) in [6, 6.07) is 109. The topological polar surface area (TPSA) is 6.48 Å². The van der Waals surface area contributed by atoms with Gasteiger partial charge in [-0.1, -0.05) is 231 Å². The van der Waals surface area contributed by atoms with Gasteiger partial charge in [-0.3, -0.25) is 0 Å². The minimum Gasteiger partial charge on any atom is -0.310 e. The van der Waals surface area contributed by atoms with Crippen LogP contribution in [0.4, 0.5) is 34.1 Å². The van der Waals surface area contributed by atoms with Crippen molar-refractivity contribution in [2.45, 2.75) is 6.92 Å². The van der Waals surface area contributed by atoms with Gasteiger partial charge in [0.2, 0.25) is 0 Å². The van der Waals surface area contributed by atoms with E-state index in [9.17, 15) is 0 Å². The number of anilines is 6. The van der Waals surface area contributed by atoms with Crippen LogP contribution in [0.3, 0.4) is 0 Å². The maximum atomic E-state index is 2.47. The molecule has 77 heavy (non-hydrogen) atoms. The Kier molecular flexibility index (Phi) is 11.5. The van der Waals surface area contributed by atoms with Crippen LogP contribution in [0.2, 0.25) is 0 Å². The van der Waals surface area contributed by atoms with Crippen LogP contribution in [0.15, 0.2) is 297 Å². The van der Waals surface area contributed by atoms with E-state index in [1.54, 1.807) is 0 Å². The molecular formula is C75H52N2. The first kappa shape index (κ1) is 45.6. The van der Waals surface area contributed by atoms with Crippen molar-refractivity contribution in [1.29, 1.82) is 0 Å². The number of fused-ring (bicyclic) bond motifs is 6. The minimum atomic E-state index is 1.09. The van der Waals surface area contributed by atoms with Crippen LogP contribution in [0.25, 0.3) is 99.4 Å². The Morgan fingerprint density at radius 3 is 0.857 bits per heavy atom. The van der Waals surface area contributed by atoms with Gasteiger partial charge in [0.05, 0.1) is 0 Å². The Bertz CT molecular complexity index is 4240. The van der Waals surface area contributed by atoms with Crippen LogP contribution < -0.4 is 9.80 Å². The molecule has 0 unspecified atom stereocenters. The van der Waals surface area contributed by atoms with Crippen molar-refractivity contribution < 1.29 is 0 Å². The Morgan fingerprint density at radius 1 is 0.195 bits per heavy atom. The average Bonchev–Trinajstić information content (AvgIpc) is 3.52. The molecule has 1 aliphatic rings. The molecule has 13 aromatic carbocycles. The van der Waals surface area contributed by atoms with Crippen LogP contribution in [0.5, 0.6) is 0 Å². The third-order valence-electron chi connectivity index (χ3n) is 15.5. The molecule has 0 saturated carbocycles. The quantitative estimate of drug-likeness (QED) is 0.127. The van der Waals surface area contributed by atoms with Gasteiger partial charge >= 0.3 is 0 Å². The summed E-state index contributed by atoms with van der Waals surface area (Å²) in [5.74, 6) is 0. The molecule has 13 aromatic rings. The number of nitrogens with zero attached hydrogens (tertiary/aromatic N) is 2. The highest BCUT2D eigenvalue weighted by atomic mass is 15.1. The smallest absolute Gasteiger partial charge is 0.0496 e. The van der Waals surface area contributed by atoms with Crippen LogP contribution >= 0.6 is 0 Å². The van der Waals surface area contributed by atoms with Gasteiger partial charge in [-0.05, 0) is 179 Å². The molecule has 0 fully saturated rings. The summed E-state index contributed by atoms with van der Waals surface area (Å²) >= 11 is 0. The van der Waals surface area contributed by atoms with E-state index in [4.69, 9.17) is 0 Å². The summed E-state index contributed by atoms with van der Waals surface area (Å²) in [6.07, 6.45) is 0. The zero-order chi connectivity index (χ0) is 51.2. The number of para-hydroxylation sites is 3. The first-order valence-electron chi connectivity index (χ1n) is 26.6. The van der Waals surface area contributed by atoms with Crippen molar-refractivity contribution in [3.05, 3.63) is 303 Å². The summed E-state index contributed by atoms with van der Waals surface area (Å²) in [5, 5.41) is 4.82. The van der Waals surface area contributed by atoms with E-state index in [0.29, 0.717) is 0 Å². The van der Waals surface area contributed by atoms with Crippen molar-refractivity contribution in [3.8, 4) is 77.9 Å². The lowest BCUT2D eigenvalue weighted by Gasteiger charge is -2.38. The minimum absolute atomic E-state index is 1.09. The van der Waals surface area contributed by atoms with Gasteiger partial charge in [-0.2, -0.15) is 0 Å². The largest absolute Gasteiger partial charge is 0.310 e. The lowest BCUT2D eigenvalue weighted by molar-refractivity contribution is 1.25. The third-order valence-corrected chi connectivity index (χ3v) is 15.5. The molecule has 14 rings (SSSR count). The molecule has 0 saturated heterocycles. The summed E-state index contributed by atoms with van der Waals surface area (Å²) in [4.78, 5) is 4.84. The molecule has 362 valence electrons. The first-order valence-corrected chi connectivity index (χ1v) is 26.6. The summed E-state index contributed by atoms with van der Waals surface area (Å²) in [5.41, 5.74) is 25.0. The van der Waals surface area contributed by atoms with Crippen molar-refractivity contribution in [1.82, 2.24) is 0 Å². The molecule has 2 nitrogen and oxygen atoms in total. The van der Waals surface area contributed by atoms with E-state index >= 15 is 0 Å². The standard InChI is InChI=1S/C75H52N2/c1-51-42-43-57(52-26-10-2-11-27-52)48-67(51)77(60-40-24-9-25-41-60)62-45-47-64-66(50-62)71(56-34-18-6-19-35-56)75-73(69(64)54-30-14-4-15-31-54)72-68(53-28-12-3-13-29-53)63-46-44-61(49-65(63)70(74(72)75)55-32-16-5-17-33-55)76(58-36-20-7-21-37-58)59-38-22-8-23-39-59/h2-50H,1H3. The Hall–Kier alpha value is -10.0. The molecule has 0 amide bonds. The maximum absolute atomic E-state index is 2.47. The van der Waals surface area contributed by atoms with Gasteiger partial charge in [0.1, 0.15) is 0 Å². The molecule has 0 aromatic heterocycles. The molecule has 0 bridgehead atoms. The number of hydrogen-bond donors (Lipinski definition) is 0. The number of benzene rings is 13. The van der Waals surface area contributed by atoms with E-state index in [0.717, 1.165) is 34.1 Å². The molecule has 0 atom stereocenters. The first-order chi connectivity index (χ1) is 38.2. The highest BCUT2D eigenvalue weighted by Crippen LogP contribution is 2.66. The van der Waals surface area contributed by atoms with E-state index in [1.165, 1.54) is 105 Å². The van der Waals surface area contributed by atoms with Gasteiger partial charge in [0.25, 0.3) is 0 Å². The van der Waals surface area contributed by atoms with Crippen molar-refractivity contribution in [2.75, 3.05) is 9.80 Å². The normalized spacial score (nSPS) is 11.4. The monoisotopic (exact) mass is 980 g/mol. The predicted octanol–water partition coefficient (Wildman–Crippen LogP) is 21.2. The predicted molar refractivity (Wildman–Crippen MR) is 327 cm³/mol. The zero-order valence-electron chi connectivity index (χ0n) is 42.7. The van der Waals surface area contributed by atoms with Gasteiger partial charge < -0.3 is 9.80 Å². The van der Waals surface area contributed by atoms with E-state index in [-0.39, 0.29) is 0 Å². The van der Waals surface area contributed by atoms with Gasteiger partial charge in [0.15, 0.2) is 0 Å². The molecule has 0 radical (unpaired) electrons. The summed E-state index contributed by atoms with van der Waals surface area (Å²) < 4.78 is 0. The molecule has 1 aliphatic carbocycles. The Morgan fingerprint density at radius 2 is 0.494 bits per heavy atom. The molecule has 0 heterocycles. The second-order valence-corrected chi connectivity index (χ2v) is 20.0. The molecule has 0 spiro atoms. The number of hydrogen-bond acceptors (Lipinski definition) is 2. The van der Waals surface area contributed by atoms with Gasteiger partial charge in [0, 0.05) is 34.1 Å². The fourth-order valence-electron chi connectivity index (χ4n) is 12.1. The van der Waals surface area contributed by atoms with Crippen molar-refractivity contribution in [3.63, 3.8) is 0 Å². The average molecular weight is 981 g/mol. The van der Waals surface area contributed by atoms with Crippen molar-refractivity contribution in [2.24, 2.45) is 0 Å². The second-order valence-electron chi connectivity index (χ2n) is 20.0. The Labute approximate surface area is 450 Å². The number of rotatable bonds is 11. The van der Waals surface area contributed by atoms with E-state index in [2.05, 4.69) is 314 Å². The van der Waals surface area contributed by atoms with Crippen LogP contribution in [0.1, 0.15) is 5.56 Å². The van der Waals surface area contributed by atoms with Crippen LogP contribution in [-0.4, -0.2) is 0 Å². The molecule has 0 aliphatic heterocycles. The summed E-state index contributed by atoms with van der Waals surface area (Å²) in [6.45, 7) is 2.23. The lowest BCUT2D eigenvalue weighted by Crippen LogP contribution is -2.13. The third kappa shape index (κ3) is 7.89. The highest BCUT2D eigenvalue weighted by molar-refractivity contribution is 6.33. The molecule has 2 heteroatoms. The van der Waals surface area contributed by atoms with Gasteiger partial charge in [-0.25, -0.2) is 0 Å². The second kappa shape index (κ2) is 19.4. The summed E-state index contributed by atoms with van der Waals surface area (Å²) in [7, 11) is 0. The SMILES string of the molecule is Cc1ccc(-c2ccccc2)cc1N(c1ccccc1)c1ccc2c(-c3ccccc3)c3c(c(-c4ccccc4)c2c1)-c1c-3c(-c2ccccc2)c2ccc(N(c3ccccc3)c3ccccc3)cc2c1-c1ccccc1. The van der Waals surface area contributed by atoms with Gasteiger partial charge in [-0.15, -0.1) is 0 Å². The van der Waals surface area contributed by atoms with Crippen LogP contribution in [0, 0.1) is 6.92 Å². The maximum Gasteiger partial charge on any atom is 0.0496 e. The van der Waals surface area contributed by atoms with E-state index < -0.39 is 0 Å². The molecular weight excluding hydrogens is 929 g/mol. The van der Waals surface area contributed by atoms with Crippen molar-refractivity contribution >= 4 is 55.7 Å². The fourth-order valence-corrected chi connectivity index (χ4v) is 12.1.